The van der Waals surface area contributed by atoms with E-state index in [2.05, 4.69) is 11.0 Å². The van der Waals surface area contributed by atoms with Crippen molar-refractivity contribution in [1.29, 1.82) is 0 Å². The molecular weight excluding hydrogens is 260 g/mol. The monoisotopic (exact) mass is 276 g/mol. The van der Waals surface area contributed by atoms with Gasteiger partial charge in [-0.2, -0.15) is 0 Å². The standard InChI is InChI=1S/C14H16N2O2S/c1-2-16(9-10-5-4-8-19-10)12-7-3-6-11(13(12)15)14(17)18/h3-8H,2,9,15H2,1H3,(H,17,18). The first-order valence-electron chi connectivity index (χ1n) is 6.02. The molecule has 100 valence electrons. The Morgan fingerprint density at radius 3 is 2.74 bits per heavy atom. The highest BCUT2D eigenvalue weighted by atomic mass is 32.1. The average Bonchev–Trinajstić information content (AvgIpc) is 2.89. The first-order chi connectivity index (χ1) is 9.13. The first kappa shape index (κ1) is 13.4. The van der Waals surface area contributed by atoms with Crippen LogP contribution in [-0.2, 0) is 6.54 Å². The summed E-state index contributed by atoms with van der Waals surface area (Å²) in [7, 11) is 0. The number of benzene rings is 1. The number of nitrogens with zero attached hydrogens (tertiary/aromatic N) is 1. The van der Waals surface area contributed by atoms with Crippen molar-refractivity contribution in [2.24, 2.45) is 0 Å². The molecule has 0 unspecified atom stereocenters. The van der Waals surface area contributed by atoms with Crippen molar-refractivity contribution in [1.82, 2.24) is 0 Å². The van der Waals surface area contributed by atoms with E-state index in [1.807, 2.05) is 24.4 Å². The van der Waals surface area contributed by atoms with E-state index in [-0.39, 0.29) is 5.56 Å². The minimum Gasteiger partial charge on any atom is -0.478 e. The largest absolute Gasteiger partial charge is 0.478 e. The number of anilines is 2. The highest BCUT2D eigenvalue weighted by molar-refractivity contribution is 7.09. The van der Waals surface area contributed by atoms with Crippen LogP contribution in [0.1, 0.15) is 22.2 Å². The van der Waals surface area contributed by atoms with Gasteiger partial charge in [-0.1, -0.05) is 12.1 Å². The molecule has 0 aliphatic carbocycles. The number of carbonyl (C=O) groups is 1. The molecular formula is C14H16N2O2S. The summed E-state index contributed by atoms with van der Waals surface area (Å²) in [5, 5.41) is 11.1. The van der Waals surface area contributed by atoms with Gasteiger partial charge in [0.05, 0.1) is 23.5 Å². The minimum absolute atomic E-state index is 0.155. The zero-order valence-corrected chi connectivity index (χ0v) is 11.5. The van der Waals surface area contributed by atoms with Crippen molar-refractivity contribution in [3.05, 3.63) is 46.2 Å². The molecule has 3 N–H and O–H groups in total. The molecule has 4 nitrogen and oxygen atoms in total. The summed E-state index contributed by atoms with van der Waals surface area (Å²) >= 11 is 1.68. The Bertz CT molecular complexity index is 567. The number of aromatic carboxylic acids is 1. The highest BCUT2D eigenvalue weighted by Gasteiger charge is 2.15. The van der Waals surface area contributed by atoms with Gasteiger partial charge in [0.25, 0.3) is 0 Å². The Morgan fingerprint density at radius 2 is 2.16 bits per heavy atom. The third-order valence-corrected chi connectivity index (χ3v) is 3.82. The second-order valence-electron chi connectivity index (χ2n) is 4.14. The van der Waals surface area contributed by atoms with Gasteiger partial charge in [0, 0.05) is 11.4 Å². The molecule has 0 saturated carbocycles. The fraction of sp³-hybridized carbons (Fsp3) is 0.214. The Hall–Kier alpha value is -2.01. The minimum atomic E-state index is -0.994. The predicted molar refractivity (Wildman–Crippen MR) is 78.9 cm³/mol. The maximum atomic E-state index is 11.1. The number of para-hydroxylation sites is 1. The summed E-state index contributed by atoms with van der Waals surface area (Å²) in [5.74, 6) is -0.994. The number of carboxylic acid groups (broad SMARTS) is 1. The van der Waals surface area contributed by atoms with Crippen LogP contribution in [0.4, 0.5) is 11.4 Å². The maximum absolute atomic E-state index is 11.1. The third-order valence-electron chi connectivity index (χ3n) is 2.96. The Kier molecular flexibility index (Phi) is 4.06. The van der Waals surface area contributed by atoms with E-state index < -0.39 is 5.97 Å². The number of rotatable bonds is 5. The van der Waals surface area contributed by atoms with Crippen molar-refractivity contribution in [2.75, 3.05) is 17.2 Å². The molecule has 1 heterocycles. The topological polar surface area (TPSA) is 66.6 Å². The van der Waals surface area contributed by atoms with Gasteiger partial charge in [-0.25, -0.2) is 4.79 Å². The zero-order chi connectivity index (χ0) is 13.8. The molecule has 0 amide bonds. The molecule has 0 bridgehead atoms. The van der Waals surface area contributed by atoms with E-state index >= 15 is 0 Å². The maximum Gasteiger partial charge on any atom is 0.337 e. The van der Waals surface area contributed by atoms with Crippen LogP contribution in [-0.4, -0.2) is 17.6 Å². The molecule has 0 fully saturated rings. The summed E-state index contributed by atoms with van der Waals surface area (Å²) in [4.78, 5) is 14.4. The number of nitrogens with two attached hydrogens (primary N) is 1. The number of thiophene rings is 1. The van der Waals surface area contributed by atoms with Gasteiger partial charge in [-0.05, 0) is 30.5 Å². The SMILES string of the molecule is CCN(Cc1cccs1)c1cccc(C(=O)O)c1N. The summed E-state index contributed by atoms with van der Waals surface area (Å²) < 4.78 is 0. The van der Waals surface area contributed by atoms with Crippen LogP contribution in [0.25, 0.3) is 0 Å². The quantitative estimate of drug-likeness (QED) is 0.824. The van der Waals surface area contributed by atoms with E-state index in [0.29, 0.717) is 5.69 Å². The van der Waals surface area contributed by atoms with Crippen molar-refractivity contribution in [3.8, 4) is 0 Å². The van der Waals surface area contributed by atoms with Crippen LogP contribution >= 0.6 is 11.3 Å². The molecule has 2 aromatic rings. The van der Waals surface area contributed by atoms with Crippen LogP contribution in [0.15, 0.2) is 35.7 Å². The fourth-order valence-electron chi connectivity index (χ4n) is 1.97. The van der Waals surface area contributed by atoms with E-state index in [9.17, 15) is 4.79 Å². The van der Waals surface area contributed by atoms with Gasteiger partial charge in [0.15, 0.2) is 0 Å². The van der Waals surface area contributed by atoms with E-state index in [1.54, 1.807) is 17.4 Å². The summed E-state index contributed by atoms with van der Waals surface area (Å²) in [6.07, 6.45) is 0. The summed E-state index contributed by atoms with van der Waals surface area (Å²) in [5.41, 5.74) is 7.23. The molecule has 2 rings (SSSR count). The van der Waals surface area contributed by atoms with Gasteiger partial charge in [-0.15, -0.1) is 11.3 Å². The second-order valence-corrected chi connectivity index (χ2v) is 5.17. The lowest BCUT2D eigenvalue weighted by molar-refractivity contribution is 0.0698. The van der Waals surface area contributed by atoms with E-state index in [1.165, 1.54) is 10.9 Å². The van der Waals surface area contributed by atoms with Crippen LogP contribution in [0.2, 0.25) is 0 Å². The van der Waals surface area contributed by atoms with Crippen molar-refractivity contribution < 1.29 is 9.90 Å². The van der Waals surface area contributed by atoms with E-state index in [4.69, 9.17) is 10.8 Å². The number of carboxylic acids is 1. The Morgan fingerprint density at radius 1 is 1.37 bits per heavy atom. The van der Waals surface area contributed by atoms with Gasteiger partial charge >= 0.3 is 5.97 Å². The van der Waals surface area contributed by atoms with E-state index in [0.717, 1.165) is 18.8 Å². The predicted octanol–water partition coefficient (Wildman–Crippen LogP) is 3.05. The smallest absolute Gasteiger partial charge is 0.337 e. The molecule has 0 radical (unpaired) electrons. The average molecular weight is 276 g/mol. The Labute approximate surface area is 116 Å². The molecule has 0 saturated heterocycles. The van der Waals surface area contributed by atoms with Crippen molar-refractivity contribution in [2.45, 2.75) is 13.5 Å². The number of hydrogen-bond donors (Lipinski definition) is 2. The van der Waals surface area contributed by atoms with Gasteiger partial charge in [-0.3, -0.25) is 0 Å². The molecule has 0 atom stereocenters. The second kappa shape index (κ2) is 5.75. The van der Waals surface area contributed by atoms with Crippen LogP contribution in [0.3, 0.4) is 0 Å². The summed E-state index contributed by atoms with van der Waals surface area (Å²) in [6.45, 7) is 3.53. The number of nitrogen functional groups attached to an aromatic ring is 1. The van der Waals surface area contributed by atoms with Crippen molar-refractivity contribution >= 4 is 28.7 Å². The first-order valence-corrected chi connectivity index (χ1v) is 6.90. The third kappa shape index (κ3) is 2.88. The van der Waals surface area contributed by atoms with Crippen LogP contribution in [0, 0.1) is 0 Å². The van der Waals surface area contributed by atoms with Crippen molar-refractivity contribution in [3.63, 3.8) is 0 Å². The summed E-state index contributed by atoms with van der Waals surface area (Å²) in [6, 6.07) is 9.18. The molecule has 0 aliphatic rings. The Balaban J connectivity index is 2.33. The lowest BCUT2D eigenvalue weighted by Gasteiger charge is -2.24. The van der Waals surface area contributed by atoms with Gasteiger partial charge in [0.2, 0.25) is 0 Å². The van der Waals surface area contributed by atoms with Crippen LogP contribution < -0.4 is 10.6 Å². The number of hydrogen-bond acceptors (Lipinski definition) is 4. The van der Waals surface area contributed by atoms with Crippen LogP contribution in [0.5, 0.6) is 0 Å². The zero-order valence-electron chi connectivity index (χ0n) is 10.7. The van der Waals surface area contributed by atoms with Gasteiger partial charge < -0.3 is 15.7 Å². The lowest BCUT2D eigenvalue weighted by Crippen LogP contribution is -2.23. The molecule has 1 aromatic carbocycles. The normalized spacial score (nSPS) is 10.4. The van der Waals surface area contributed by atoms with Gasteiger partial charge in [0.1, 0.15) is 0 Å². The fourth-order valence-corrected chi connectivity index (χ4v) is 2.69. The lowest BCUT2D eigenvalue weighted by atomic mass is 10.1. The molecule has 0 aliphatic heterocycles. The molecule has 1 aromatic heterocycles. The highest BCUT2D eigenvalue weighted by Crippen LogP contribution is 2.28. The molecule has 0 spiro atoms. The molecule has 5 heteroatoms. The molecule has 19 heavy (non-hydrogen) atoms.